The zero-order valence-corrected chi connectivity index (χ0v) is 33.9. The van der Waals surface area contributed by atoms with Crippen molar-refractivity contribution < 1.29 is 4.42 Å². The van der Waals surface area contributed by atoms with E-state index in [4.69, 9.17) is 19.4 Å². The van der Waals surface area contributed by atoms with Crippen molar-refractivity contribution in [3.63, 3.8) is 0 Å². The maximum Gasteiger partial charge on any atom is 0.238 e. The number of aromatic nitrogens is 5. The van der Waals surface area contributed by atoms with Gasteiger partial charge in [-0.15, -0.1) is 0 Å². The fraction of sp³-hybridized carbons (Fsp3) is 0. The van der Waals surface area contributed by atoms with Crippen LogP contribution in [0, 0.1) is 0 Å². The molecule has 6 heteroatoms. The molecule has 0 aliphatic carbocycles. The summed E-state index contributed by atoms with van der Waals surface area (Å²) in [4.78, 5) is 15.7. The Balaban J connectivity index is 1.09. The summed E-state index contributed by atoms with van der Waals surface area (Å²) in [5, 5.41) is 6.66. The molecule has 0 amide bonds. The smallest absolute Gasteiger partial charge is 0.238 e. The summed E-state index contributed by atoms with van der Waals surface area (Å²) in [6.07, 6.45) is 0. The van der Waals surface area contributed by atoms with E-state index in [1.165, 1.54) is 5.56 Å². The van der Waals surface area contributed by atoms with Crippen LogP contribution in [0.2, 0.25) is 0 Å². The molecule has 6 nitrogen and oxygen atoms in total. The monoisotopic (exact) mass is 805 g/mol. The van der Waals surface area contributed by atoms with E-state index in [2.05, 4.69) is 167 Å². The lowest BCUT2D eigenvalue weighted by Gasteiger charge is -2.16. The molecule has 0 aliphatic heterocycles. The Bertz CT molecular complexity index is 3900. The molecule has 13 rings (SSSR count). The van der Waals surface area contributed by atoms with Crippen LogP contribution in [0.4, 0.5) is 0 Å². The average molecular weight is 806 g/mol. The van der Waals surface area contributed by atoms with Crippen molar-refractivity contribution in [1.29, 1.82) is 0 Å². The number of fused-ring (bicyclic) bond motifs is 9. The van der Waals surface area contributed by atoms with Crippen LogP contribution in [-0.2, 0) is 0 Å². The van der Waals surface area contributed by atoms with Crippen molar-refractivity contribution in [3.05, 3.63) is 212 Å². The van der Waals surface area contributed by atoms with E-state index in [-0.39, 0.29) is 0 Å². The lowest BCUT2D eigenvalue weighted by Crippen LogP contribution is -2.06. The summed E-state index contributed by atoms with van der Waals surface area (Å²) in [5.74, 6) is 1.70. The third-order valence-corrected chi connectivity index (χ3v) is 12.4. The molecule has 0 radical (unpaired) electrons. The molecule has 0 N–H and O–H groups in total. The molecule has 0 bridgehead atoms. The Kier molecular flexibility index (Phi) is 7.80. The molecule has 0 unspecified atom stereocenters. The van der Waals surface area contributed by atoms with Crippen molar-refractivity contribution in [2.75, 3.05) is 0 Å². The molecule has 0 aliphatic rings. The Morgan fingerprint density at radius 1 is 0.302 bits per heavy atom. The molecule has 13 aromatic rings. The first kappa shape index (κ1) is 35.2. The maximum atomic E-state index is 6.34. The van der Waals surface area contributed by atoms with E-state index in [1.807, 2.05) is 54.6 Å². The number of hydrogen-bond donors (Lipinski definition) is 0. The predicted molar refractivity (Wildman–Crippen MR) is 258 cm³/mol. The number of para-hydroxylation sites is 3. The van der Waals surface area contributed by atoms with Gasteiger partial charge in [0.15, 0.2) is 11.6 Å². The van der Waals surface area contributed by atoms with Gasteiger partial charge in [-0.3, -0.25) is 4.57 Å². The highest BCUT2D eigenvalue weighted by Crippen LogP contribution is 2.42. The molecular weight excluding hydrogens is 771 g/mol. The van der Waals surface area contributed by atoms with Crippen molar-refractivity contribution in [2.45, 2.75) is 0 Å². The molecule has 0 saturated carbocycles. The van der Waals surface area contributed by atoms with Gasteiger partial charge >= 0.3 is 0 Å². The Labute approximate surface area is 361 Å². The summed E-state index contributed by atoms with van der Waals surface area (Å²) in [6.45, 7) is 0. The third-order valence-electron chi connectivity index (χ3n) is 12.4. The van der Waals surface area contributed by atoms with Crippen LogP contribution < -0.4 is 0 Å². The van der Waals surface area contributed by atoms with Crippen molar-refractivity contribution >= 4 is 65.6 Å². The van der Waals surface area contributed by atoms with Gasteiger partial charge in [-0.1, -0.05) is 164 Å². The van der Waals surface area contributed by atoms with Gasteiger partial charge in [-0.2, -0.15) is 9.97 Å². The van der Waals surface area contributed by atoms with E-state index in [0.717, 1.165) is 99.1 Å². The second-order valence-corrected chi connectivity index (χ2v) is 16.0. The zero-order chi connectivity index (χ0) is 41.4. The van der Waals surface area contributed by atoms with Crippen LogP contribution in [-0.4, -0.2) is 24.1 Å². The summed E-state index contributed by atoms with van der Waals surface area (Å²) >= 11 is 0. The van der Waals surface area contributed by atoms with E-state index in [9.17, 15) is 0 Å². The normalized spacial score (nSPS) is 11.8. The van der Waals surface area contributed by atoms with Crippen LogP contribution in [0.15, 0.2) is 217 Å². The second kappa shape index (κ2) is 14.0. The molecule has 9 aromatic carbocycles. The van der Waals surface area contributed by atoms with Crippen LogP contribution >= 0.6 is 0 Å². The summed E-state index contributed by atoms with van der Waals surface area (Å²) < 4.78 is 11.0. The van der Waals surface area contributed by atoms with E-state index in [1.54, 1.807) is 0 Å². The van der Waals surface area contributed by atoms with Gasteiger partial charge in [0.25, 0.3) is 0 Å². The Morgan fingerprint density at radius 2 is 0.825 bits per heavy atom. The fourth-order valence-electron chi connectivity index (χ4n) is 9.47. The summed E-state index contributed by atoms with van der Waals surface area (Å²) in [5.41, 5.74) is 13.4. The molecule has 0 atom stereocenters. The van der Waals surface area contributed by atoms with Crippen LogP contribution in [0.5, 0.6) is 0 Å². The second-order valence-electron chi connectivity index (χ2n) is 16.0. The topological polar surface area (TPSA) is 61.7 Å². The quantitative estimate of drug-likeness (QED) is 0.168. The number of benzene rings is 9. The Hall–Kier alpha value is -8.61. The van der Waals surface area contributed by atoms with Crippen LogP contribution in [0.1, 0.15) is 0 Å². The van der Waals surface area contributed by atoms with Gasteiger partial charge in [0.2, 0.25) is 5.95 Å². The SMILES string of the molecule is c1ccc(-c2ccc(-c3ccccc3)c(-n3c4ccccc4c4cc5c(cc43)c3ccccc3n5-c3nc(-c4ccccc4)nc(-c4ccc5c(c4)oc4ccccc45)n3)c2)cc1. The van der Waals surface area contributed by atoms with Gasteiger partial charge < -0.3 is 8.98 Å². The highest BCUT2D eigenvalue weighted by Gasteiger charge is 2.23. The van der Waals surface area contributed by atoms with Crippen molar-refractivity contribution in [2.24, 2.45) is 0 Å². The van der Waals surface area contributed by atoms with E-state index >= 15 is 0 Å². The molecule has 0 spiro atoms. The highest BCUT2D eigenvalue weighted by atomic mass is 16.3. The zero-order valence-electron chi connectivity index (χ0n) is 33.9. The Morgan fingerprint density at radius 3 is 1.52 bits per heavy atom. The minimum absolute atomic E-state index is 0.541. The summed E-state index contributed by atoms with van der Waals surface area (Å²) in [6, 6.07) is 74.7. The predicted octanol–water partition coefficient (Wildman–Crippen LogP) is 14.6. The van der Waals surface area contributed by atoms with Crippen molar-refractivity contribution in [3.8, 4) is 56.7 Å². The first-order valence-corrected chi connectivity index (χ1v) is 21.2. The van der Waals surface area contributed by atoms with Crippen LogP contribution in [0.3, 0.4) is 0 Å². The van der Waals surface area contributed by atoms with E-state index in [0.29, 0.717) is 17.6 Å². The molecule has 0 fully saturated rings. The van der Waals surface area contributed by atoms with Crippen molar-refractivity contribution in [1.82, 2.24) is 24.1 Å². The van der Waals surface area contributed by atoms with Gasteiger partial charge in [-0.05, 0) is 65.2 Å². The number of hydrogen-bond acceptors (Lipinski definition) is 4. The van der Waals surface area contributed by atoms with Gasteiger partial charge in [0.1, 0.15) is 11.2 Å². The minimum Gasteiger partial charge on any atom is -0.456 e. The molecular formula is C57H35N5O. The number of furan rings is 1. The van der Waals surface area contributed by atoms with Gasteiger partial charge in [0.05, 0.1) is 27.8 Å². The van der Waals surface area contributed by atoms with Gasteiger partial charge in [-0.25, -0.2) is 4.98 Å². The lowest BCUT2D eigenvalue weighted by molar-refractivity contribution is 0.669. The molecule has 294 valence electrons. The fourth-order valence-corrected chi connectivity index (χ4v) is 9.47. The third kappa shape index (κ3) is 5.62. The average Bonchev–Trinajstić information content (AvgIpc) is 4.00. The van der Waals surface area contributed by atoms with Crippen LogP contribution in [0.25, 0.3) is 122 Å². The lowest BCUT2D eigenvalue weighted by atomic mass is 9.98. The van der Waals surface area contributed by atoms with Gasteiger partial charge in [0, 0.05) is 49.0 Å². The first-order valence-electron chi connectivity index (χ1n) is 21.2. The summed E-state index contributed by atoms with van der Waals surface area (Å²) in [7, 11) is 0. The minimum atomic E-state index is 0.541. The van der Waals surface area contributed by atoms with E-state index < -0.39 is 0 Å². The first-order chi connectivity index (χ1) is 31.2. The maximum absolute atomic E-state index is 6.34. The molecule has 0 saturated heterocycles. The molecule has 4 heterocycles. The number of nitrogens with zero attached hydrogens (tertiary/aromatic N) is 5. The molecule has 63 heavy (non-hydrogen) atoms. The molecule has 4 aromatic heterocycles. The highest BCUT2D eigenvalue weighted by molar-refractivity contribution is 6.19. The largest absolute Gasteiger partial charge is 0.456 e. The number of rotatable bonds is 6. The standard InChI is InChI=1S/C57H35N5O/c1-4-16-36(17-5-1)39-28-30-41(37-18-6-2-7-19-37)50(32-39)61-48-25-13-10-22-42(48)46-35-52-47(34-51(46)61)43-23-11-14-26-49(43)62(52)57-59-55(38-20-8-3-9-21-38)58-56(60-57)40-29-31-45-44-24-12-15-27-53(44)63-54(45)33-40/h1-35H.